The Morgan fingerprint density at radius 2 is 1.92 bits per heavy atom. The van der Waals surface area contributed by atoms with Gasteiger partial charge in [-0.05, 0) is 43.8 Å². The summed E-state index contributed by atoms with van der Waals surface area (Å²) >= 11 is 0. The molecular formula is C17H19F2N3O2S. The first-order valence-corrected chi connectivity index (χ1v) is 9.54. The van der Waals surface area contributed by atoms with Crippen LogP contribution in [-0.4, -0.2) is 19.9 Å². The van der Waals surface area contributed by atoms with Gasteiger partial charge in [-0.3, -0.25) is 9.36 Å². The van der Waals surface area contributed by atoms with E-state index in [9.17, 15) is 17.8 Å². The van der Waals surface area contributed by atoms with Gasteiger partial charge in [-0.2, -0.15) is 0 Å². The Morgan fingerprint density at radius 1 is 1.24 bits per heavy atom. The lowest BCUT2D eigenvalue weighted by Crippen LogP contribution is -2.25. The zero-order valence-corrected chi connectivity index (χ0v) is 14.8. The molecule has 2 aromatic rings. The fourth-order valence-electron chi connectivity index (χ4n) is 2.56. The topological polar surface area (TPSA) is 63.1 Å². The molecule has 0 amide bonds. The van der Waals surface area contributed by atoms with Crippen LogP contribution in [0.25, 0.3) is 0 Å². The minimum Gasteiger partial charge on any atom is -0.337 e. The number of aromatic nitrogens is 1. The summed E-state index contributed by atoms with van der Waals surface area (Å²) in [6.07, 6.45) is 1.66. The second kappa shape index (κ2) is 6.18. The Kier molecular flexibility index (Phi) is 4.32. The normalized spacial score (nSPS) is 16.3. The van der Waals surface area contributed by atoms with Crippen LogP contribution in [-0.2, 0) is 16.8 Å². The molecule has 8 heteroatoms. The van der Waals surface area contributed by atoms with E-state index in [0.717, 1.165) is 25.0 Å². The number of halogens is 2. The third-order valence-electron chi connectivity index (χ3n) is 4.12. The maximum atomic E-state index is 14.0. The predicted molar refractivity (Wildman–Crippen MR) is 98.0 cm³/mol. The number of rotatable bonds is 5. The van der Waals surface area contributed by atoms with E-state index >= 15 is 0 Å². The molecule has 1 aliphatic carbocycles. The molecule has 1 aromatic carbocycles. The highest BCUT2D eigenvalue weighted by Crippen LogP contribution is 2.33. The predicted octanol–water partition coefficient (Wildman–Crippen LogP) is 2.92. The first kappa shape index (κ1) is 17.5. The van der Waals surface area contributed by atoms with Crippen LogP contribution in [0.5, 0.6) is 0 Å². The highest BCUT2D eigenvalue weighted by molar-refractivity contribution is 8.02. The minimum atomic E-state index is -2.58. The zero-order chi connectivity index (χ0) is 18.4. The van der Waals surface area contributed by atoms with Gasteiger partial charge in [-0.15, -0.1) is 0 Å². The van der Waals surface area contributed by atoms with Gasteiger partial charge >= 0.3 is 0 Å². The number of aryl methyl sites for hydroxylation is 1. The van der Waals surface area contributed by atoms with Gasteiger partial charge in [0.25, 0.3) is 5.56 Å². The molecule has 1 atom stereocenters. The van der Waals surface area contributed by atoms with Gasteiger partial charge in [0.05, 0.1) is 11.4 Å². The molecule has 1 unspecified atom stereocenters. The van der Waals surface area contributed by atoms with Crippen molar-refractivity contribution in [3.05, 3.63) is 51.8 Å². The van der Waals surface area contributed by atoms with Crippen LogP contribution in [0.15, 0.2) is 29.1 Å². The Balaban J connectivity index is 2.07. The lowest BCUT2D eigenvalue weighted by molar-refractivity contribution is 0.586. The Hall–Kier alpha value is -2.35. The van der Waals surface area contributed by atoms with Crippen LogP contribution in [0.4, 0.5) is 26.0 Å². The van der Waals surface area contributed by atoms with E-state index in [0.29, 0.717) is 11.3 Å². The third-order valence-corrected chi connectivity index (χ3v) is 6.24. The monoisotopic (exact) mass is 367 g/mol. The van der Waals surface area contributed by atoms with Gasteiger partial charge in [0.1, 0.15) is 17.5 Å². The molecule has 25 heavy (non-hydrogen) atoms. The van der Waals surface area contributed by atoms with Crippen LogP contribution in [0.3, 0.4) is 0 Å². The van der Waals surface area contributed by atoms with E-state index in [2.05, 4.69) is 15.9 Å². The van der Waals surface area contributed by atoms with Crippen LogP contribution in [0, 0.1) is 18.6 Å². The highest BCUT2D eigenvalue weighted by atomic mass is 32.2. The van der Waals surface area contributed by atoms with Crippen molar-refractivity contribution in [2.45, 2.75) is 25.0 Å². The first-order chi connectivity index (χ1) is 11.7. The standard InChI is InChI=1S/C17H19F2N3O2S/c1-10-8-15(21-25(3,24)12-5-6-12)16(22(2)17(10)23)20-14-7-4-11(18)9-13(14)19/h4,7-9,12,20H,3,5-6H2,1-2H3,(H,21,24). The van der Waals surface area contributed by atoms with Crippen molar-refractivity contribution < 1.29 is 13.0 Å². The summed E-state index contributed by atoms with van der Waals surface area (Å²) in [4.78, 5) is 12.2. The van der Waals surface area contributed by atoms with Crippen molar-refractivity contribution in [1.29, 1.82) is 0 Å². The van der Waals surface area contributed by atoms with Gasteiger partial charge in [0, 0.05) is 33.6 Å². The van der Waals surface area contributed by atoms with Crippen LogP contribution in [0.1, 0.15) is 18.4 Å². The lowest BCUT2D eigenvalue weighted by atomic mass is 10.2. The minimum absolute atomic E-state index is 0.00489. The van der Waals surface area contributed by atoms with Crippen molar-refractivity contribution in [3.63, 3.8) is 0 Å². The second-order valence-electron chi connectivity index (χ2n) is 6.23. The van der Waals surface area contributed by atoms with E-state index < -0.39 is 21.3 Å². The Labute approximate surface area is 144 Å². The van der Waals surface area contributed by atoms with E-state index in [1.807, 2.05) is 0 Å². The van der Waals surface area contributed by atoms with E-state index in [1.54, 1.807) is 13.0 Å². The zero-order valence-electron chi connectivity index (χ0n) is 13.9. The summed E-state index contributed by atoms with van der Waals surface area (Å²) < 4.78 is 44.0. The summed E-state index contributed by atoms with van der Waals surface area (Å²) in [6.45, 7) is 1.64. The number of pyridine rings is 1. The number of anilines is 3. The summed E-state index contributed by atoms with van der Waals surface area (Å²) in [5.74, 6) is 2.50. The molecule has 3 rings (SSSR count). The summed E-state index contributed by atoms with van der Waals surface area (Å²) in [5, 5.41) is 2.78. The Morgan fingerprint density at radius 3 is 2.52 bits per heavy atom. The van der Waals surface area contributed by atoms with Crippen LogP contribution < -0.4 is 15.6 Å². The summed E-state index contributed by atoms with van der Waals surface area (Å²) in [7, 11) is -1.06. The van der Waals surface area contributed by atoms with E-state index in [1.165, 1.54) is 17.7 Å². The number of hydrogen-bond donors (Lipinski definition) is 2. The maximum absolute atomic E-state index is 14.0. The molecule has 0 bridgehead atoms. The summed E-state index contributed by atoms with van der Waals surface area (Å²) in [5.41, 5.74) is 0.555. The van der Waals surface area contributed by atoms with Gasteiger partial charge in [0.15, 0.2) is 0 Å². The highest BCUT2D eigenvalue weighted by Gasteiger charge is 2.31. The SMILES string of the molecule is C=S(=O)(Nc1cc(C)c(=O)n(C)c1Nc1ccc(F)cc1F)C1CC1. The molecule has 5 nitrogen and oxygen atoms in total. The number of hydrogen-bond acceptors (Lipinski definition) is 3. The van der Waals surface area contributed by atoms with Gasteiger partial charge in [-0.25, -0.2) is 13.0 Å². The van der Waals surface area contributed by atoms with Crippen LogP contribution in [0.2, 0.25) is 0 Å². The van der Waals surface area contributed by atoms with Crippen molar-refractivity contribution in [3.8, 4) is 0 Å². The van der Waals surface area contributed by atoms with Gasteiger partial charge < -0.3 is 10.0 Å². The summed E-state index contributed by atoms with van der Waals surface area (Å²) in [6, 6.07) is 4.65. The van der Waals surface area contributed by atoms with E-state index in [-0.39, 0.29) is 22.3 Å². The molecule has 0 spiro atoms. The molecule has 0 radical (unpaired) electrons. The van der Waals surface area contributed by atoms with Crippen molar-refractivity contribution >= 4 is 32.8 Å². The van der Waals surface area contributed by atoms with Gasteiger partial charge in [-0.1, -0.05) is 0 Å². The third kappa shape index (κ3) is 3.53. The number of nitrogens with one attached hydrogen (secondary N) is 2. The quantitative estimate of drug-likeness (QED) is 0.799. The average Bonchev–Trinajstić information content (AvgIpc) is 3.36. The molecule has 1 aromatic heterocycles. The van der Waals surface area contributed by atoms with E-state index in [4.69, 9.17) is 0 Å². The molecule has 0 saturated heterocycles. The Bertz CT molecular complexity index is 996. The molecule has 1 aliphatic rings. The number of benzene rings is 1. The maximum Gasteiger partial charge on any atom is 0.254 e. The molecule has 1 heterocycles. The van der Waals surface area contributed by atoms with Crippen LogP contribution >= 0.6 is 0 Å². The second-order valence-corrected chi connectivity index (χ2v) is 8.55. The molecule has 1 fully saturated rings. The smallest absolute Gasteiger partial charge is 0.254 e. The van der Waals surface area contributed by atoms with Crippen molar-refractivity contribution in [2.75, 3.05) is 10.0 Å². The largest absolute Gasteiger partial charge is 0.337 e. The van der Waals surface area contributed by atoms with Crippen molar-refractivity contribution in [1.82, 2.24) is 4.57 Å². The fourth-order valence-corrected chi connectivity index (χ4v) is 4.15. The lowest BCUT2D eigenvalue weighted by Gasteiger charge is -2.20. The number of nitrogens with zero attached hydrogens (tertiary/aromatic N) is 1. The molecular weight excluding hydrogens is 348 g/mol. The first-order valence-electron chi connectivity index (χ1n) is 7.75. The molecule has 1 saturated carbocycles. The van der Waals surface area contributed by atoms with Gasteiger partial charge in [0.2, 0.25) is 0 Å². The molecule has 0 aliphatic heterocycles. The molecule has 2 N–H and O–H groups in total. The fraction of sp³-hybridized carbons (Fsp3) is 0.294. The average molecular weight is 367 g/mol. The molecule has 134 valence electrons. The van der Waals surface area contributed by atoms with Crippen molar-refractivity contribution in [2.24, 2.45) is 7.05 Å².